The topological polar surface area (TPSA) is 91.3 Å². The second kappa shape index (κ2) is 7.92. The second-order valence-corrected chi connectivity index (χ2v) is 7.26. The first-order chi connectivity index (χ1) is 13.7. The maximum atomic E-state index is 12.9. The number of nitrogens with one attached hydrogen (secondary N) is 1. The summed E-state index contributed by atoms with van der Waals surface area (Å²) in [5, 5.41) is 3.00. The lowest BCUT2D eigenvalue weighted by Gasteiger charge is -2.40. The number of carbonyl (C=O) groups excluding carboxylic acids is 2. The Bertz CT molecular complexity index is 831. The van der Waals surface area contributed by atoms with E-state index in [1.807, 2.05) is 34.9 Å². The monoisotopic (exact) mass is 380 g/mol. The summed E-state index contributed by atoms with van der Waals surface area (Å²) in [6.45, 7) is 3.38. The molecule has 2 aliphatic heterocycles. The van der Waals surface area contributed by atoms with E-state index in [-0.39, 0.29) is 36.4 Å². The van der Waals surface area contributed by atoms with Gasteiger partial charge in [-0.25, -0.2) is 4.98 Å². The van der Waals surface area contributed by atoms with Gasteiger partial charge in [-0.15, -0.1) is 0 Å². The van der Waals surface area contributed by atoms with Crippen molar-refractivity contribution in [3.05, 3.63) is 48.7 Å². The predicted octanol–water partition coefficient (Wildman–Crippen LogP) is 1.00. The highest BCUT2D eigenvalue weighted by molar-refractivity contribution is 5.86. The number of piperazine rings is 1. The van der Waals surface area contributed by atoms with Crippen LogP contribution in [0.25, 0.3) is 0 Å². The first-order valence-corrected chi connectivity index (χ1v) is 9.67. The van der Waals surface area contributed by atoms with Gasteiger partial charge in [0.15, 0.2) is 0 Å². The molecule has 0 bridgehead atoms. The molecule has 0 aliphatic carbocycles. The zero-order valence-electron chi connectivity index (χ0n) is 15.9. The molecule has 2 aromatic heterocycles. The van der Waals surface area contributed by atoms with E-state index in [9.17, 15) is 9.59 Å². The number of nitrogens with zero attached hydrogens (tertiary/aromatic N) is 5. The Morgan fingerprint density at radius 3 is 2.86 bits per heavy atom. The van der Waals surface area contributed by atoms with Gasteiger partial charge >= 0.3 is 0 Å². The Morgan fingerprint density at radius 2 is 2.14 bits per heavy atom. The van der Waals surface area contributed by atoms with E-state index in [1.165, 1.54) is 0 Å². The fourth-order valence-corrected chi connectivity index (χ4v) is 4.35. The van der Waals surface area contributed by atoms with E-state index >= 15 is 0 Å². The number of hydrogen-bond donors (Lipinski definition) is 1. The molecule has 0 aromatic carbocycles. The normalized spacial score (nSPS) is 24.2. The number of amides is 2. The van der Waals surface area contributed by atoms with Crippen LogP contribution < -0.4 is 10.2 Å². The minimum Gasteiger partial charge on any atom is -0.350 e. The molecular weight excluding hydrogens is 356 g/mol. The van der Waals surface area contributed by atoms with Gasteiger partial charge in [-0.1, -0.05) is 13.0 Å². The smallest absolute Gasteiger partial charge is 0.242 e. The zero-order chi connectivity index (χ0) is 19.5. The van der Waals surface area contributed by atoms with Crippen LogP contribution in [0.1, 0.15) is 25.5 Å². The third kappa shape index (κ3) is 3.54. The Hall–Kier alpha value is -3.03. The van der Waals surface area contributed by atoms with Crippen molar-refractivity contribution in [2.45, 2.75) is 38.4 Å². The van der Waals surface area contributed by atoms with Crippen LogP contribution in [-0.2, 0) is 16.1 Å². The molecule has 2 aromatic rings. The van der Waals surface area contributed by atoms with Crippen LogP contribution in [-0.4, -0.2) is 56.8 Å². The highest BCUT2D eigenvalue weighted by Gasteiger charge is 2.48. The second-order valence-electron chi connectivity index (χ2n) is 7.26. The molecule has 2 fully saturated rings. The first-order valence-electron chi connectivity index (χ1n) is 9.67. The summed E-state index contributed by atoms with van der Waals surface area (Å²) < 4.78 is 0. The Labute approximate surface area is 164 Å². The lowest BCUT2D eigenvalue weighted by Crippen LogP contribution is -2.56. The fourth-order valence-electron chi connectivity index (χ4n) is 4.35. The zero-order valence-corrected chi connectivity index (χ0v) is 15.9. The first kappa shape index (κ1) is 18.3. The van der Waals surface area contributed by atoms with Crippen molar-refractivity contribution >= 4 is 17.6 Å². The molecule has 2 aliphatic rings. The molecule has 146 valence electrons. The summed E-state index contributed by atoms with van der Waals surface area (Å²) in [7, 11) is 0. The van der Waals surface area contributed by atoms with Crippen LogP contribution in [0.4, 0.5) is 5.82 Å². The van der Waals surface area contributed by atoms with Crippen molar-refractivity contribution in [3.8, 4) is 0 Å². The van der Waals surface area contributed by atoms with Crippen molar-refractivity contribution in [1.29, 1.82) is 0 Å². The number of fused-ring (bicyclic) bond motifs is 1. The van der Waals surface area contributed by atoms with Crippen LogP contribution in [0.15, 0.2) is 43.0 Å². The molecular formula is C20H24N6O2. The average molecular weight is 380 g/mol. The SMILES string of the molecule is CC[C@@H]1[C@H](C(=O)NCc2ccccn2)C[C@@H]2CN(c3cnccn3)CC(=O)N21. The van der Waals surface area contributed by atoms with Gasteiger partial charge in [-0.2, -0.15) is 0 Å². The molecule has 4 rings (SSSR count). The molecule has 8 heteroatoms. The minimum atomic E-state index is -0.204. The molecule has 3 atom stereocenters. The molecule has 1 N–H and O–H groups in total. The predicted molar refractivity (Wildman–Crippen MR) is 103 cm³/mol. The standard InChI is InChI=1S/C20H24N6O2/c1-2-17-16(20(28)24-10-14-5-3-4-6-22-14)9-15-12-25(13-19(27)26(15)17)18-11-21-7-8-23-18/h3-8,11,15-17H,2,9-10,12-13H2,1H3,(H,24,28)/t15-,16-,17-/m1/s1. The number of pyridine rings is 1. The van der Waals surface area contributed by atoms with Crippen LogP contribution in [0, 0.1) is 5.92 Å². The Balaban J connectivity index is 1.46. The Kier molecular flexibility index (Phi) is 5.18. The maximum absolute atomic E-state index is 12.9. The quantitative estimate of drug-likeness (QED) is 0.832. The average Bonchev–Trinajstić information content (AvgIpc) is 3.12. The van der Waals surface area contributed by atoms with Gasteiger partial charge in [-0.05, 0) is 25.0 Å². The number of aromatic nitrogens is 3. The number of anilines is 1. The Morgan fingerprint density at radius 1 is 1.25 bits per heavy atom. The summed E-state index contributed by atoms with van der Waals surface area (Å²) in [5.41, 5.74) is 0.824. The summed E-state index contributed by atoms with van der Waals surface area (Å²) in [6, 6.07) is 5.59. The number of rotatable bonds is 5. The van der Waals surface area contributed by atoms with Crippen molar-refractivity contribution in [2.75, 3.05) is 18.0 Å². The van der Waals surface area contributed by atoms with E-state index in [1.54, 1.807) is 24.8 Å². The van der Waals surface area contributed by atoms with Crippen molar-refractivity contribution < 1.29 is 9.59 Å². The third-order valence-corrected chi connectivity index (χ3v) is 5.58. The molecule has 4 heterocycles. The summed E-state index contributed by atoms with van der Waals surface area (Å²) in [4.78, 5) is 42.3. The lowest BCUT2D eigenvalue weighted by atomic mass is 9.96. The summed E-state index contributed by atoms with van der Waals surface area (Å²) >= 11 is 0. The van der Waals surface area contributed by atoms with Gasteiger partial charge in [0, 0.05) is 31.2 Å². The van der Waals surface area contributed by atoms with E-state index in [4.69, 9.17) is 0 Å². The van der Waals surface area contributed by atoms with Gasteiger partial charge < -0.3 is 15.1 Å². The molecule has 2 amide bonds. The van der Waals surface area contributed by atoms with Gasteiger partial charge in [0.1, 0.15) is 5.82 Å². The van der Waals surface area contributed by atoms with E-state index in [0.717, 1.165) is 12.1 Å². The van der Waals surface area contributed by atoms with Gasteiger partial charge in [0.05, 0.1) is 36.9 Å². The maximum Gasteiger partial charge on any atom is 0.242 e. The molecule has 0 saturated carbocycles. The fraction of sp³-hybridized carbons (Fsp3) is 0.450. The molecule has 0 spiro atoms. The molecule has 0 radical (unpaired) electrons. The largest absolute Gasteiger partial charge is 0.350 e. The molecule has 0 unspecified atom stereocenters. The molecule has 8 nitrogen and oxygen atoms in total. The van der Waals surface area contributed by atoms with Crippen molar-refractivity contribution in [3.63, 3.8) is 0 Å². The van der Waals surface area contributed by atoms with Crippen LogP contribution in [0.3, 0.4) is 0 Å². The third-order valence-electron chi connectivity index (χ3n) is 5.58. The summed E-state index contributed by atoms with van der Waals surface area (Å²) in [5.74, 6) is 0.538. The highest BCUT2D eigenvalue weighted by Crippen LogP contribution is 2.35. The number of carbonyl (C=O) groups is 2. The molecule has 28 heavy (non-hydrogen) atoms. The van der Waals surface area contributed by atoms with Crippen LogP contribution in [0.2, 0.25) is 0 Å². The summed E-state index contributed by atoms with van der Waals surface area (Å²) in [6.07, 6.45) is 8.05. The van der Waals surface area contributed by atoms with Crippen LogP contribution in [0.5, 0.6) is 0 Å². The van der Waals surface area contributed by atoms with Crippen molar-refractivity contribution in [1.82, 2.24) is 25.2 Å². The highest BCUT2D eigenvalue weighted by atomic mass is 16.2. The van der Waals surface area contributed by atoms with Crippen molar-refractivity contribution in [2.24, 2.45) is 5.92 Å². The number of hydrogen-bond acceptors (Lipinski definition) is 6. The van der Waals surface area contributed by atoms with Gasteiger partial charge in [0.2, 0.25) is 11.8 Å². The minimum absolute atomic E-state index is 0.00856. The van der Waals surface area contributed by atoms with Gasteiger partial charge in [0.25, 0.3) is 0 Å². The van der Waals surface area contributed by atoms with E-state index < -0.39 is 0 Å². The lowest BCUT2D eigenvalue weighted by molar-refractivity contribution is -0.135. The van der Waals surface area contributed by atoms with Gasteiger partial charge in [-0.3, -0.25) is 19.6 Å². The molecule has 2 saturated heterocycles. The van der Waals surface area contributed by atoms with Crippen LogP contribution >= 0.6 is 0 Å². The van der Waals surface area contributed by atoms with E-state index in [2.05, 4.69) is 20.3 Å². The van der Waals surface area contributed by atoms with E-state index in [0.29, 0.717) is 25.3 Å².